The minimum atomic E-state index is -0.541. The fraction of sp³-hybridized carbons (Fsp3) is 0.793. The maximum Gasteiger partial charge on any atom is 0.407 e. The predicted octanol–water partition coefficient (Wildman–Crippen LogP) is 4.87. The highest BCUT2D eigenvalue weighted by molar-refractivity contribution is 5.86. The molecule has 0 radical (unpaired) electrons. The van der Waals surface area contributed by atoms with Gasteiger partial charge >= 0.3 is 18.2 Å². The Balaban J connectivity index is 2.15. The summed E-state index contributed by atoms with van der Waals surface area (Å²) in [5, 5.41) is 8.59. The van der Waals surface area contributed by atoms with Gasteiger partial charge in [0, 0.05) is 24.6 Å². The number of carbonyl (C=O) groups excluding carboxylic acids is 4. The summed E-state index contributed by atoms with van der Waals surface area (Å²) >= 11 is 0. The van der Waals surface area contributed by atoms with Crippen LogP contribution in [0.3, 0.4) is 0 Å². The Morgan fingerprint density at radius 2 is 1.51 bits per heavy atom. The third-order valence-electron chi connectivity index (χ3n) is 6.89. The molecule has 0 aromatic carbocycles. The van der Waals surface area contributed by atoms with E-state index in [0.29, 0.717) is 37.7 Å². The fourth-order valence-corrected chi connectivity index (χ4v) is 5.35. The maximum absolute atomic E-state index is 12.3. The third kappa shape index (κ3) is 15.4. The zero-order chi connectivity index (χ0) is 29.5. The zero-order valence-electron chi connectivity index (χ0n) is 24.9. The van der Waals surface area contributed by atoms with Gasteiger partial charge in [0.2, 0.25) is 5.91 Å². The zero-order valence-corrected chi connectivity index (χ0v) is 24.9. The predicted molar refractivity (Wildman–Crippen MR) is 150 cm³/mol. The average molecular weight is 554 g/mol. The van der Waals surface area contributed by atoms with Gasteiger partial charge in [-0.25, -0.2) is 14.4 Å². The van der Waals surface area contributed by atoms with Crippen LogP contribution in [0.2, 0.25) is 0 Å². The van der Waals surface area contributed by atoms with Gasteiger partial charge in [0.15, 0.2) is 0 Å². The molecule has 3 N–H and O–H groups in total. The SMILES string of the molecule is C=C(C)C(=O)OCCNC(=O)OCCCC(C)CCCOC(=O)NCC1(C)CC(NC(=O)CC)CC(C)(C)C1. The summed E-state index contributed by atoms with van der Waals surface area (Å²) in [6.45, 7) is 17.0. The van der Waals surface area contributed by atoms with E-state index in [1.807, 2.05) is 6.92 Å². The molecule has 1 aliphatic carbocycles. The molecule has 0 bridgehead atoms. The summed E-state index contributed by atoms with van der Waals surface area (Å²) in [7, 11) is 0. The first-order valence-electron chi connectivity index (χ1n) is 14.2. The lowest BCUT2D eigenvalue weighted by atomic mass is 9.62. The Morgan fingerprint density at radius 3 is 2.08 bits per heavy atom. The van der Waals surface area contributed by atoms with Crippen molar-refractivity contribution in [3.05, 3.63) is 12.2 Å². The van der Waals surface area contributed by atoms with Crippen LogP contribution in [0.1, 0.15) is 92.9 Å². The van der Waals surface area contributed by atoms with E-state index in [0.717, 1.165) is 44.9 Å². The number of esters is 1. The van der Waals surface area contributed by atoms with Crippen LogP contribution in [0.5, 0.6) is 0 Å². The van der Waals surface area contributed by atoms with E-state index in [1.165, 1.54) is 0 Å². The van der Waals surface area contributed by atoms with Gasteiger partial charge in [0.1, 0.15) is 6.61 Å². The molecule has 1 saturated carbocycles. The summed E-state index contributed by atoms with van der Waals surface area (Å²) in [5.41, 5.74) is 0.275. The van der Waals surface area contributed by atoms with Crippen molar-refractivity contribution < 1.29 is 33.4 Å². The van der Waals surface area contributed by atoms with Crippen LogP contribution >= 0.6 is 0 Å². The van der Waals surface area contributed by atoms with Crippen molar-refractivity contribution in [1.29, 1.82) is 0 Å². The lowest BCUT2D eigenvalue weighted by Crippen LogP contribution is -2.50. The van der Waals surface area contributed by atoms with Crippen molar-refractivity contribution in [2.75, 3.05) is 32.9 Å². The second-order valence-electron chi connectivity index (χ2n) is 12.0. The van der Waals surface area contributed by atoms with E-state index in [-0.39, 0.29) is 35.9 Å². The molecule has 0 aromatic rings. The molecule has 0 aromatic heterocycles. The summed E-state index contributed by atoms with van der Waals surface area (Å²) < 4.78 is 15.4. The Morgan fingerprint density at radius 1 is 0.923 bits per heavy atom. The van der Waals surface area contributed by atoms with Gasteiger partial charge < -0.3 is 30.2 Å². The monoisotopic (exact) mass is 553 g/mol. The highest BCUT2D eigenvalue weighted by Gasteiger charge is 2.41. The average Bonchev–Trinajstić information content (AvgIpc) is 2.84. The van der Waals surface area contributed by atoms with E-state index >= 15 is 0 Å². The van der Waals surface area contributed by atoms with Gasteiger partial charge in [0.05, 0.1) is 19.8 Å². The van der Waals surface area contributed by atoms with Crippen LogP contribution < -0.4 is 16.0 Å². The van der Waals surface area contributed by atoms with Crippen molar-refractivity contribution in [1.82, 2.24) is 16.0 Å². The van der Waals surface area contributed by atoms with Crippen molar-refractivity contribution in [3.8, 4) is 0 Å². The first-order valence-corrected chi connectivity index (χ1v) is 14.2. The minimum Gasteiger partial charge on any atom is -0.460 e. The lowest BCUT2D eigenvalue weighted by Gasteiger charge is -2.46. The Bertz CT molecular complexity index is 830. The van der Waals surface area contributed by atoms with E-state index in [9.17, 15) is 19.2 Å². The molecule has 1 fully saturated rings. The molecule has 1 aliphatic rings. The van der Waals surface area contributed by atoms with Gasteiger partial charge in [-0.1, -0.05) is 41.2 Å². The van der Waals surface area contributed by atoms with E-state index < -0.39 is 18.2 Å². The maximum atomic E-state index is 12.3. The summed E-state index contributed by atoms with van der Waals surface area (Å²) in [5.74, 6) is -0.0182. The molecule has 3 amide bonds. The van der Waals surface area contributed by atoms with Gasteiger partial charge in [-0.3, -0.25) is 4.79 Å². The number of ether oxygens (including phenoxy) is 3. The van der Waals surface area contributed by atoms with Gasteiger partial charge in [-0.05, 0) is 68.6 Å². The fourth-order valence-electron chi connectivity index (χ4n) is 5.35. The molecule has 3 atom stereocenters. The Hall–Kier alpha value is -2.78. The number of carbonyl (C=O) groups is 4. The smallest absolute Gasteiger partial charge is 0.407 e. The van der Waals surface area contributed by atoms with Gasteiger partial charge in [-0.2, -0.15) is 0 Å². The molecular weight excluding hydrogens is 502 g/mol. The first kappa shape index (κ1) is 34.2. The van der Waals surface area contributed by atoms with Crippen molar-refractivity contribution in [3.63, 3.8) is 0 Å². The quantitative estimate of drug-likeness (QED) is 0.108. The highest BCUT2D eigenvalue weighted by atomic mass is 16.6. The van der Waals surface area contributed by atoms with Crippen molar-refractivity contribution in [2.45, 2.75) is 99.0 Å². The van der Waals surface area contributed by atoms with Crippen LogP contribution in [-0.2, 0) is 23.8 Å². The molecular formula is C29H51N3O7. The third-order valence-corrected chi connectivity index (χ3v) is 6.89. The molecule has 1 rings (SSSR count). The molecule has 10 heteroatoms. The second kappa shape index (κ2) is 17.0. The number of alkyl carbamates (subject to hydrolysis) is 2. The number of rotatable bonds is 16. The van der Waals surface area contributed by atoms with Crippen LogP contribution in [0.25, 0.3) is 0 Å². The molecule has 0 aliphatic heterocycles. The van der Waals surface area contributed by atoms with Crippen LogP contribution in [0.15, 0.2) is 12.2 Å². The van der Waals surface area contributed by atoms with Crippen LogP contribution in [-0.4, -0.2) is 63.0 Å². The molecule has 0 spiro atoms. The highest BCUT2D eigenvalue weighted by Crippen LogP contribution is 2.45. The Kier molecular flexibility index (Phi) is 14.9. The standard InChI is InChI=1S/C29H51N3O7/c1-8-24(33)32-23-17-28(5,6)19-29(7,18-23)20-31-27(36)39-15-10-12-22(4)11-9-14-38-26(35)30-13-16-37-25(34)21(2)3/h22-23H,2,8-20H2,1,3-7H3,(H,30,35)(H,31,36)(H,32,33). The number of nitrogens with one attached hydrogen (secondary N) is 3. The second-order valence-corrected chi connectivity index (χ2v) is 12.0. The molecule has 0 saturated heterocycles. The van der Waals surface area contributed by atoms with E-state index in [2.05, 4.69) is 50.2 Å². The van der Waals surface area contributed by atoms with Crippen LogP contribution in [0, 0.1) is 16.7 Å². The molecule has 39 heavy (non-hydrogen) atoms. The summed E-state index contributed by atoms with van der Waals surface area (Å²) in [6, 6.07) is 0.114. The summed E-state index contributed by atoms with van der Waals surface area (Å²) in [4.78, 5) is 47.1. The molecule has 224 valence electrons. The number of hydrogen-bond donors (Lipinski definition) is 3. The Labute approximate surface area is 234 Å². The van der Waals surface area contributed by atoms with Crippen molar-refractivity contribution >= 4 is 24.1 Å². The van der Waals surface area contributed by atoms with Gasteiger partial charge in [0.25, 0.3) is 0 Å². The molecule has 10 nitrogen and oxygen atoms in total. The largest absolute Gasteiger partial charge is 0.460 e. The van der Waals surface area contributed by atoms with Crippen molar-refractivity contribution in [2.24, 2.45) is 16.7 Å². The van der Waals surface area contributed by atoms with E-state index in [1.54, 1.807) is 6.92 Å². The number of hydrogen-bond acceptors (Lipinski definition) is 7. The topological polar surface area (TPSA) is 132 Å². The number of amides is 3. The minimum absolute atomic E-state index is 0.0641. The normalized spacial score (nSPS) is 20.7. The lowest BCUT2D eigenvalue weighted by molar-refractivity contribution is -0.138. The molecule has 3 unspecified atom stereocenters. The summed E-state index contributed by atoms with van der Waals surface area (Å²) in [6.07, 6.45) is 5.53. The van der Waals surface area contributed by atoms with Crippen LogP contribution in [0.4, 0.5) is 9.59 Å². The molecule has 0 heterocycles. The first-order chi connectivity index (χ1) is 18.2. The van der Waals surface area contributed by atoms with E-state index in [4.69, 9.17) is 14.2 Å². The van der Waals surface area contributed by atoms with Gasteiger partial charge in [-0.15, -0.1) is 0 Å².